The van der Waals surface area contributed by atoms with Crippen LogP contribution in [0.4, 0.5) is 18.9 Å². The Hall–Kier alpha value is -2.26. The van der Waals surface area contributed by atoms with Gasteiger partial charge in [0.1, 0.15) is 0 Å². The lowest BCUT2D eigenvalue weighted by molar-refractivity contribution is -0.137. The van der Waals surface area contributed by atoms with Crippen molar-refractivity contribution in [3.8, 4) is 0 Å². The number of alkyl halides is 3. The predicted octanol–water partition coefficient (Wildman–Crippen LogP) is 4.82. The number of sulfonamides is 1. The fraction of sp³-hybridized carbons (Fsp3) is 0.381. The Morgan fingerprint density at radius 3 is 2.39 bits per heavy atom. The SMILES string of the molecule is C[C@H](CNC(=O)CCCN(c1ccc(Cl)c(C(F)(F)F)c1)S(C)(=O)=O)c1ccccc1. The second kappa shape index (κ2) is 10.4. The van der Waals surface area contributed by atoms with Gasteiger partial charge in [-0.05, 0) is 36.1 Å². The minimum Gasteiger partial charge on any atom is -0.356 e. The third-order valence-corrected chi connectivity index (χ3v) is 6.21. The summed E-state index contributed by atoms with van der Waals surface area (Å²) < 4.78 is 64.5. The molecule has 0 aliphatic carbocycles. The average molecular weight is 477 g/mol. The van der Waals surface area contributed by atoms with E-state index in [1.165, 1.54) is 6.07 Å². The third-order valence-electron chi connectivity index (χ3n) is 4.68. The van der Waals surface area contributed by atoms with Crippen molar-refractivity contribution in [1.29, 1.82) is 0 Å². The molecule has 0 bridgehead atoms. The van der Waals surface area contributed by atoms with E-state index in [9.17, 15) is 26.4 Å². The molecule has 1 N–H and O–H groups in total. The van der Waals surface area contributed by atoms with E-state index in [2.05, 4.69) is 5.32 Å². The summed E-state index contributed by atoms with van der Waals surface area (Å²) in [6, 6.07) is 12.6. The van der Waals surface area contributed by atoms with Crippen molar-refractivity contribution in [1.82, 2.24) is 5.32 Å². The minimum atomic E-state index is -4.72. The van der Waals surface area contributed by atoms with Gasteiger partial charge in [-0.2, -0.15) is 13.2 Å². The summed E-state index contributed by atoms with van der Waals surface area (Å²) in [5, 5.41) is 2.28. The van der Waals surface area contributed by atoms with Gasteiger partial charge in [0.05, 0.1) is 22.5 Å². The summed E-state index contributed by atoms with van der Waals surface area (Å²) in [4.78, 5) is 12.1. The fourth-order valence-electron chi connectivity index (χ4n) is 3.01. The molecule has 2 rings (SSSR count). The number of carbonyl (C=O) groups excluding carboxylic acids is 1. The van der Waals surface area contributed by atoms with Crippen LogP contribution in [0.3, 0.4) is 0 Å². The number of benzene rings is 2. The van der Waals surface area contributed by atoms with Gasteiger partial charge in [-0.1, -0.05) is 48.9 Å². The second-order valence-electron chi connectivity index (χ2n) is 7.22. The van der Waals surface area contributed by atoms with Gasteiger partial charge in [0.25, 0.3) is 0 Å². The number of amides is 1. The van der Waals surface area contributed by atoms with Crippen LogP contribution in [0.1, 0.15) is 36.8 Å². The lowest BCUT2D eigenvalue weighted by atomic mass is 10.0. The van der Waals surface area contributed by atoms with Gasteiger partial charge in [-0.3, -0.25) is 9.10 Å². The molecular formula is C21H24ClF3N2O3S. The highest BCUT2D eigenvalue weighted by Gasteiger charge is 2.34. The zero-order chi connectivity index (χ0) is 23.2. The number of hydrogen-bond donors (Lipinski definition) is 1. The molecule has 0 aromatic heterocycles. The van der Waals surface area contributed by atoms with Gasteiger partial charge in [0.15, 0.2) is 0 Å². The highest BCUT2D eigenvalue weighted by molar-refractivity contribution is 7.92. The van der Waals surface area contributed by atoms with E-state index in [1.807, 2.05) is 37.3 Å². The molecule has 1 atom stereocenters. The van der Waals surface area contributed by atoms with Crippen LogP contribution in [-0.4, -0.2) is 33.7 Å². The van der Waals surface area contributed by atoms with Crippen LogP contribution < -0.4 is 9.62 Å². The van der Waals surface area contributed by atoms with Crippen LogP contribution >= 0.6 is 11.6 Å². The molecule has 1 amide bonds. The van der Waals surface area contributed by atoms with Gasteiger partial charge in [0, 0.05) is 19.5 Å². The predicted molar refractivity (Wildman–Crippen MR) is 116 cm³/mol. The van der Waals surface area contributed by atoms with Gasteiger partial charge >= 0.3 is 6.18 Å². The van der Waals surface area contributed by atoms with Crippen molar-refractivity contribution in [3.63, 3.8) is 0 Å². The summed E-state index contributed by atoms with van der Waals surface area (Å²) in [6.07, 6.45) is -3.64. The molecule has 0 saturated carbocycles. The number of rotatable bonds is 9. The highest BCUT2D eigenvalue weighted by atomic mass is 35.5. The molecule has 170 valence electrons. The largest absolute Gasteiger partial charge is 0.417 e. The van der Waals surface area contributed by atoms with E-state index < -0.39 is 26.8 Å². The quantitative estimate of drug-likeness (QED) is 0.564. The molecule has 0 fully saturated rings. The van der Waals surface area contributed by atoms with Crippen LogP contribution in [0, 0.1) is 0 Å². The molecule has 0 aliphatic heterocycles. The number of nitrogens with one attached hydrogen (secondary N) is 1. The van der Waals surface area contributed by atoms with E-state index in [1.54, 1.807) is 0 Å². The zero-order valence-electron chi connectivity index (χ0n) is 17.1. The smallest absolute Gasteiger partial charge is 0.356 e. The second-order valence-corrected chi connectivity index (χ2v) is 9.53. The molecule has 5 nitrogen and oxygen atoms in total. The van der Waals surface area contributed by atoms with Gasteiger partial charge < -0.3 is 5.32 Å². The van der Waals surface area contributed by atoms with E-state index in [0.29, 0.717) is 12.6 Å². The lowest BCUT2D eigenvalue weighted by Crippen LogP contribution is -2.33. The van der Waals surface area contributed by atoms with E-state index >= 15 is 0 Å². The van der Waals surface area contributed by atoms with Crippen LogP contribution in [0.25, 0.3) is 0 Å². The van der Waals surface area contributed by atoms with Crippen LogP contribution in [-0.2, 0) is 21.0 Å². The Balaban J connectivity index is 1.98. The maximum atomic E-state index is 13.1. The van der Waals surface area contributed by atoms with Crippen molar-refractivity contribution >= 4 is 33.2 Å². The molecule has 0 spiro atoms. The molecule has 0 heterocycles. The monoisotopic (exact) mass is 476 g/mol. The first-order valence-corrected chi connectivity index (χ1v) is 11.8. The zero-order valence-corrected chi connectivity index (χ0v) is 18.7. The molecule has 0 saturated heterocycles. The molecule has 0 unspecified atom stereocenters. The van der Waals surface area contributed by atoms with Crippen LogP contribution in [0.15, 0.2) is 48.5 Å². The Morgan fingerprint density at radius 1 is 1.16 bits per heavy atom. The van der Waals surface area contributed by atoms with Crippen molar-refractivity contribution in [2.75, 3.05) is 23.7 Å². The number of carbonyl (C=O) groups is 1. The highest BCUT2D eigenvalue weighted by Crippen LogP contribution is 2.37. The normalized spacial score (nSPS) is 13.0. The van der Waals surface area contributed by atoms with E-state index in [0.717, 1.165) is 22.2 Å². The molecule has 0 aliphatic rings. The topological polar surface area (TPSA) is 66.5 Å². The van der Waals surface area contributed by atoms with Gasteiger partial charge in [-0.15, -0.1) is 0 Å². The maximum absolute atomic E-state index is 13.1. The van der Waals surface area contributed by atoms with E-state index in [4.69, 9.17) is 11.6 Å². The van der Waals surface area contributed by atoms with Crippen LogP contribution in [0.2, 0.25) is 5.02 Å². The summed E-state index contributed by atoms with van der Waals surface area (Å²) in [7, 11) is -3.86. The standard InChI is InChI=1S/C21H24ClF3N2O3S/c1-15(16-7-4-3-5-8-16)14-26-20(28)9-6-12-27(31(2,29)30)17-10-11-19(22)18(13-17)21(23,24)25/h3-5,7-8,10-11,13,15H,6,9,12,14H2,1-2H3,(H,26,28)/t15-/m1/s1. The van der Waals surface area contributed by atoms with Gasteiger partial charge in [0.2, 0.25) is 15.9 Å². The van der Waals surface area contributed by atoms with Crippen molar-refractivity contribution in [2.24, 2.45) is 0 Å². The first kappa shape index (κ1) is 25.0. The lowest BCUT2D eigenvalue weighted by Gasteiger charge is -2.23. The Bertz CT molecular complexity index is 999. The molecule has 2 aromatic rings. The average Bonchev–Trinajstić information content (AvgIpc) is 2.69. The summed E-state index contributed by atoms with van der Waals surface area (Å²) in [6.45, 7) is 2.25. The Labute approximate surface area is 185 Å². The molecule has 0 radical (unpaired) electrons. The van der Waals surface area contributed by atoms with Gasteiger partial charge in [-0.25, -0.2) is 8.42 Å². The number of anilines is 1. The number of halogens is 4. The molecule has 2 aromatic carbocycles. The summed E-state index contributed by atoms with van der Waals surface area (Å²) in [5.41, 5.74) is -0.195. The van der Waals surface area contributed by atoms with E-state index in [-0.39, 0.29) is 36.9 Å². The number of nitrogens with zero attached hydrogens (tertiary/aromatic N) is 1. The summed E-state index contributed by atoms with van der Waals surface area (Å²) in [5.74, 6) is -0.157. The Kier molecular flexibility index (Phi) is 8.36. The first-order chi connectivity index (χ1) is 14.4. The fourth-order valence-corrected chi connectivity index (χ4v) is 4.19. The van der Waals surface area contributed by atoms with Crippen molar-refractivity contribution in [3.05, 3.63) is 64.7 Å². The molecule has 10 heteroatoms. The van der Waals surface area contributed by atoms with Crippen molar-refractivity contribution in [2.45, 2.75) is 31.9 Å². The Morgan fingerprint density at radius 2 is 1.81 bits per heavy atom. The van der Waals surface area contributed by atoms with Crippen molar-refractivity contribution < 1.29 is 26.4 Å². The number of hydrogen-bond acceptors (Lipinski definition) is 3. The minimum absolute atomic E-state index is 0.0350. The summed E-state index contributed by atoms with van der Waals surface area (Å²) >= 11 is 5.61. The van der Waals surface area contributed by atoms with Crippen LogP contribution in [0.5, 0.6) is 0 Å². The third kappa shape index (κ3) is 7.43. The molecular weight excluding hydrogens is 453 g/mol. The maximum Gasteiger partial charge on any atom is 0.417 e. The first-order valence-electron chi connectivity index (χ1n) is 9.55. The molecule has 31 heavy (non-hydrogen) atoms.